The van der Waals surface area contributed by atoms with Crippen LogP contribution < -0.4 is 22.1 Å². The summed E-state index contributed by atoms with van der Waals surface area (Å²) in [5.41, 5.74) is 12.9. The van der Waals surface area contributed by atoms with E-state index in [0.29, 0.717) is 12.8 Å². The summed E-state index contributed by atoms with van der Waals surface area (Å²) in [6, 6.07) is 13.5. The Hall–Kier alpha value is -4.25. The lowest BCUT2D eigenvalue weighted by molar-refractivity contribution is -0.145. The number of aliphatic carboxylic acids is 1. The molecule has 1 heterocycles. The van der Waals surface area contributed by atoms with Crippen LogP contribution in [-0.4, -0.2) is 70.3 Å². The molecule has 3 rings (SSSR count). The first-order chi connectivity index (χ1) is 18.2. The fourth-order valence-corrected chi connectivity index (χ4v) is 4.46. The molecule has 0 saturated carbocycles. The van der Waals surface area contributed by atoms with Gasteiger partial charge in [0.1, 0.15) is 18.1 Å². The van der Waals surface area contributed by atoms with Gasteiger partial charge in [-0.3, -0.25) is 19.2 Å². The molecular weight excluding hydrogens is 490 g/mol. The summed E-state index contributed by atoms with van der Waals surface area (Å²) in [7, 11) is 0. The molecule has 2 aromatic carbocycles. The van der Waals surface area contributed by atoms with Gasteiger partial charge in [0.05, 0.1) is 12.5 Å². The SMILES string of the molecule is NC(=O)CC(NC(=O)C(N)Cc1ccccc1)C(=O)N1CCCC1C(=O)NC(Cc1ccccc1)C(=O)O. The maximum absolute atomic E-state index is 13.4. The molecule has 1 aliphatic rings. The Morgan fingerprint density at radius 3 is 2.03 bits per heavy atom. The molecule has 4 atom stereocenters. The number of carbonyl (C=O) groups is 5. The van der Waals surface area contributed by atoms with Gasteiger partial charge in [0.15, 0.2) is 0 Å². The highest BCUT2D eigenvalue weighted by molar-refractivity contribution is 5.96. The minimum atomic E-state index is -1.31. The normalized spacial score (nSPS) is 17.2. The number of likely N-dealkylation sites (tertiary alicyclic amines) is 1. The number of nitrogens with two attached hydrogens (primary N) is 2. The molecule has 0 spiro atoms. The number of nitrogens with zero attached hydrogens (tertiary/aromatic N) is 1. The monoisotopic (exact) mass is 523 g/mol. The van der Waals surface area contributed by atoms with Gasteiger partial charge in [0.2, 0.25) is 23.6 Å². The Morgan fingerprint density at radius 2 is 1.47 bits per heavy atom. The van der Waals surface area contributed by atoms with Crippen LogP contribution in [-0.2, 0) is 36.8 Å². The second kappa shape index (κ2) is 13.3. The molecule has 0 aliphatic carbocycles. The molecule has 7 N–H and O–H groups in total. The Labute approximate surface area is 220 Å². The molecule has 1 fully saturated rings. The molecule has 0 bridgehead atoms. The molecule has 0 aromatic heterocycles. The topological polar surface area (TPSA) is 185 Å². The number of benzene rings is 2. The quantitative estimate of drug-likeness (QED) is 0.253. The predicted molar refractivity (Wildman–Crippen MR) is 138 cm³/mol. The summed E-state index contributed by atoms with van der Waals surface area (Å²) in [5, 5.41) is 14.7. The van der Waals surface area contributed by atoms with Crippen LogP contribution in [0, 0.1) is 0 Å². The largest absolute Gasteiger partial charge is 0.480 e. The Kier molecular flexibility index (Phi) is 9.94. The molecule has 4 unspecified atom stereocenters. The zero-order valence-electron chi connectivity index (χ0n) is 20.9. The molecule has 4 amide bonds. The smallest absolute Gasteiger partial charge is 0.326 e. The van der Waals surface area contributed by atoms with Crippen LogP contribution in [0.2, 0.25) is 0 Å². The van der Waals surface area contributed by atoms with Gasteiger partial charge in [-0.25, -0.2) is 4.79 Å². The van der Waals surface area contributed by atoms with Gasteiger partial charge in [-0.15, -0.1) is 0 Å². The van der Waals surface area contributed by atoms with Crippen molar-refractivity contribution < 1.29 is 29.1 Å². The number of hydrogen-bond donors (Lipinski definition) is 5. The maximum atomic E-state index is 13.4. The summed E-state index contributed by atoms with van der Waals surface area (Å²) in [5.74, 6) is -3.93. The van der Waals surface area contributed by atoms with Crippen molar-refractivity contribution in [3.05, 3.63) is 71.8 Å². The molecule has 11 heteroatoms. The van der Waals surface area contributed by atoms with Gasteiger partial charge >= 0.3 is 5.97 Å². The van der Waals surface area contributed by atoms with Crippen LogP contribution in [0.4, 0.5) is 0 Å². The first-order valence-corrected chi connectivity index (χ1v) is 12.4. The van der Waals surface area contributed by atoms with Gasteiger partial charge in [-0.05, 0) is 30.4 Å². The molecular formula is C27H33N5O6. The first-order valence-electron chi connectivity index (χ1n) is 12.4. The number of hydrogen-bond acceptors (Lipinski definition) is 6. The standard InChI is InChI=1S/C27H33N5O6/c28-19(14-17-8-3-1-4-9-17)24(34)30-20(16-23(29)33)26(36)32-13-7-12-22(32)25(35)31-21(27(37)38)15-18-10-5-2-6-11-18/h1-6,8-11,19-22H,7,12-16,28H2,(H2,29,33)(H,30,34)(H,31,35)(H,37,38). The van der Waals surface area contributed by atoms with Crippen LogP contribution >= 0.6 is 0 Å². The third kappa shape index (κ3) is 7.87. The number of amides is 4. The van der Waals surface area contributed by atoms with Gasteiger partial charge in [0, 0.05) is 13.0 Å². The lowest BCUT2D eigenvalue weighted by Crippen LogP contribution is -2.57. The fourth-order valence-electron chi connectivity index (χ4n) is 4.46. The van der Waals surface area contributed by atoms with E-state index in [4.69, 9.17) is 11.5 Å². The zero-order valence-corrected chi connectivity index (χ0v) is 20.9. The van der Waals surface area contributed by atoms with E-state index in [1.165, 1.54) is 4.90 Å². The van der Waals surface area contributed by atoms with Crippen LogP contribution in [0.3, 0.4) is 0 Å². The van der Waals surface area contributed by atoms with E-state index in [2.05, 4.69) is 10.6 Å². The van der Waals surface area contributed by atoms with Crippen molar-refractivity contribution in [1.82, 2.24) is 15.5 Å². The van der Waals surface area contributed by atoms with Crippen molar-refractivity contribution >= 4 is 29.6 Å². The van der Waals surface area contributed by atoms with Crippen molar-refractivity contribution in [2.75, 3.05) is 6.54 Å². The van der Waals surface area contributed by atoms with E-state index in [0.717, 1.165) is 11.1 Å². The van der Waals surface area contributed by atoms with Crippen molar-refractivity contribution in [2.24, 2.45) is 11.5 Å². The van der Waals surface area contributed by atoms with E-state index < -0.39 is 60.2 Å². The van der Waals surface area contributed by atoms with E-state index in [1.807, 2.05) is 30.3 Å². The van der Waals surface area contributed by atoms with Gasteiger partial charge in [0.25, 0.3) is 0 Å². The lowest BCUT2D eigenvalue weighted by atomic mass is 10.0. The van der Waals surface area contributed by atoms with Crippen LogP contribution in [0.25, 0.3) is 0 Å². The highest BCUT2D eigenvalue weighted by Crippen LogP contribution is 2.20. The number of carboxylic acid groups (broad SMARTS) is 1. The van der Waals surface area contributed by atoms with Gasteiger partial charge in [-0.1, -0.05) is 60.7 Å². The molecule has 2 aromatic rings. The van der Waals surface area contributed by atoms with E-state index in [9.17, 15) is 29.1 Å². The van der Waals surface area contributed by atoms with Crippen molar-refractivity contribution in [1.29, 1.82) is 0 Å². The Balaban J connectivity index is 1.68. The van der Waals surface area contributed by atoms with Gasteiger partial charge in [-0.2, -0.15) is 0 Å². The Morgan fingerprint density at radius 1 is 0.895 bits per heavy atom. The molecule has 202 valence electrons. The molecule has 1 aliphatic heterocycles. The van der Waals surface area contributed by atoms with E-state index in [1.54, 1.807) is 30.3 Å². The number of rotatable bonds is 12. The maximum Gasteiger partial charge on any atom is 0.326 e. The van der Waals surface area contributed by atoms with Crippen molar-refractivity contribution in [3.8, 4) is 0 Å². The summed E-state index contributed by atoms with van der Waals surface area (Å²) >= 11 is 0. The van der Waals surface area contributed by atoms with Crippen molar-refractivity contribution in [3.63, 3.8) is 0 Å². The highest BCUT2D eigenvalue weighted by atomic mass is 16.4. The fraction of sp³-hybridized carbons (Fsp3) is 0.370. The minimum absolute atomic E-state index is 0.0717. The number of carboxylic acids is 1. The summed E-state index contributed by atoms with van der Waals surface area (Å²) < 4.78 is 0. The van der Waals surface area contributed by atoms with E-state index in [-0.39, 0.29) is 19.4 Å². The van der Waals surface area contributed by atoms with E-state index >= 15 is 0 Å². The third-order valence-electron chi connectivity index (χ3n) is 6.39. The summed E-state index contributed by atoms with van der Waals surface area (Å²) in [6.07, 6.45) is 0.614. The van der Waals surface area contributed by atoms with Crippen LogP contribution in [0.5, 0.6) is 0 Å². The molecule has 38 heavy (non-hydrogen) atoms. The predicted octanol–water partition coefficient (Wildman–Crippen LogP) is -0.280. The number of nitrogens with one attached hydrogen (secondary N) is 2. The molecule has 1 saturated heterocycles. The Bertz CT molecular complexity index is 1140. The summed E-state index contributed by atoms with van der Waals surface area (Å²) in [4.78, 5) is 64.0. The minimum Gasteiger partial charge on any atom is -0.480 e. The summed E-state index contributed by atoms with van der Waals surface area (Å²) in [6.45, 7) is 0.203. The van der Waals surface area contributed by atoms with Crippen LogP contribution in [0.15, 0.2) is 60.7 Å². The number of carbonyl (C=O) groups excluding carboxylic acids is 4. The van der Waals surface area contributed by atoms with Crippen molar-refractivity contribution in [2.45, 2.75) is 56.3 Å². The van der Waals surface area contributed by atoms with Crippen LogP contribution in [0.1, 0.15) is 30.4 Å². The second-order valence-electron chi connectivity index (χ2n) is 9.31. The zero-order chi connectivity index (χ0) is 27.7. The number of primary amides is 1. The molecule has 0 radical (unpaired) electrons. The third-order valence-corrected chi connectivity index (χ3v) is 6.39. The second-order valence-corrected chi connectivity index (χ2v) is 9.31. The molecule has 11 nitrogen and oxygen atoms in total. The average molecular weight is 524 g/mol. The highest BCUT2D eigenvalue weighted by Gasteiger charge is 2.39. The van der Waals surface area contributed by atoms with Gasteiger partial charge < -0.3 is 32.1 Å². The average Bonchev–Trinajstić information content (AvgIpc) is 3.38. The lowest BCUT2D eigenvalue weighted by Gasteiger charge is -2.29. The first kappa shape index (κ1) is 28.3.